The lowest BCUT2D eigenvalue weighted by atomic mass is 9.85. The summed E-state index contributed by atoms with van der Waals surface area (Å²) in [5, 5.41) is 1.00. The molecule has 2 aliphatic rings. The summed E-state index contributed by atoms with van der Waals surface area (Å²) in [4.78, 5) is 21.6. The maximum atomic E-state index is 13.1. The molecule has 31 heavy (non-hydrogen) atoms. The van der Waals surface area contributed by atoms with Gasteiger partial charge in [-0.1, -0.05) is 19.6 Å². The van der Waals surface area contributed by atoms with Crippen LogP contribution in [0.5, 0.6) is 0 Å². The minimum Gasteiger partial charge on any atom is -0.361 e. The van der Waals surface area contributed by atoms with Crippen molar-refractivity contribution in [2.75, 3.05) is 31.9 Å². The third kappa shape index (κ3) is 4.65. The molecular weight excluding hydrogens is 411 g/mol. The molecule has 1 aliphatic heterocycles. The van der Waals surface area contributed by atoms with Crippen LogP contribution in [0.3, 0.4) is 0 Å². The number of pyridine rings is 1. The van der Waals surface area contributed by atoms with Gasteiger partial charge in [-0.15, -0.1) is 0 Å². The number of aromatic nitrogens is 2. The van der Waals surface area contributed by atoms with Crippen molar-refractivity contribution in [3.63, 3.8) is 0 Å². The Morgan fingerprint density at radius 3 is 2.65 bits per heavy atom. The average Bonchev–Trinajstić information content (AvgIpc) is 3.16. The van der Waals surface area contributed by atoms with E-state index in [-0.39, 0.29) is 18.5 Å². The summed E-state index contributed by atoms with van der Waals surface area (Å²) in [7, 11) is 0.715. The molecule has 6 nitrogen and oxygen atoms in total. The van der Waals surface area contributed by atoms with Crippen LogP contribution in [0.25, 0.3) is 11.0 Å². The smallest absolute Gasteiger partial charge is 0.258 e. The molecule has 0 bridgehead atoms. The minimum absolute atomic E-state index is 0.0113. The second-order valence-corrected chi connectivity index (χ2v) is 16.0. The van der Waals surface area contributed by atoms with Crippen molar-refractivity contribution in [3.05, 3.63) is 24.0 Å². The zero-order valence-electron chi connectivity index (χ0n) is 19.2. The van der Waals surface area contributed by atoms with Gasteiger partial charge < -0.3 is 19.1 Å². The number of hydrogen-bond acceptors (Lipinski definition) is 4. The van der Waals surface area contributed by atoms with Gasteiger partial charge in [-0.05, 0) is 43.7 Å². The molecule has 1 amide bonds. The molecule has 3 heterocycles. The molecule has 2 aromatic heterocycles. The number of rotatable bonds is 7. The largest absolute Gasteiger partial charge is 0.361 e. The number of carbonyl (C=O) groups excluding carboxylic acids is 1. The number of nitrogens with zero attached hydrogens (tertiary/aromatic N) is 4. The maximum absolute atomic E-state index is 13.1. The van der Waals surface area contributed by atoms with Crippen LogP contribution in [-0.4, -0.2) is 61.5 Å². The van der Waals surface area contributed by atoms with Gasteiger partial charge in [-0.2, -0.15) is 0 Å². The highest BCUT2D eigenvalue weighted by atomic mass is 28.3. The van der Waals surface area contributed by atoms with Gasteiger partial charge in [0.25, 0.3) is 5.91 Å². The predicted molar refractivity (Wildman–Crippen MR) is 125 cm³/mol. The van der Waals surface area contributed by atoms with Crippen molar-refractivity contribution in [2.24, 2.45) is 5.92 Å². The SMILES string of the molecule is CN1CN(C2CCC(CF)CC2)c2c(cnc3c2ccn3COCC[Si](C)(C)C)C1=O. The molecule has 0 spiro atoms. The van der Waals surface area contributed by atoms with Crippen LogP contribution in [0, 0.1) is 5.92 Å². The van der Waals surface area contributed by atoms with Gasteiger partial charge in [-0.25, -0.2) is 4.98 Å². The summed E-state index contributed by atoms with van der Waals surface area (Å²) in [6.07, 6.45) is 7.46. The van der Waals surface area contributed by atoms with Crippen molar-refractivity contribution in [1.82, 2.24) is 14.5 Å². The molecule has 2 aromatic rings. The number of halogens is 1. The van der Waals surface area contributed by atoms with Crippen LogP contribution >= 0.6 is 0 Å². The highest BCUT2D eigenvalue weighted by Crippen LogP contribution is 2.39. The van der Waals surface area contributed by atoms with Crippen molar-refractivity contribution < 1.29 is 13.9 Å². The second kappa shape index (κ2) is 8.90. The zero-order chi connectivity index (χ0) is 22.2. The van der Waals surface area contributed by atoms with E-state index in [1.807, 2.05) is 17.8 Å². The van der Waals surface area contributed by atoms with Gasteiger partial charge in [-0.3, -0.25) is 9.18 Å². The summed E-state index contributed by atoms with van der Waals surface area (Å²) in [6.45, 7) is 8.60. The number of alkyl halides is 1. The van der Waals surface area contributed by atoms with Gasteiger partial charge in [0.2, 0.25) is 0 Å². The molecule has 1 fully saturated rings. The third-order valence-electron chi connectivity index (χ3n) is 6.69. The summed E-state index contributed by atoms with van der Waals surface area (Å²) >= 11 is 0. The molecule has 1 aliphatic carbocycles. The average molecular weight is 447 g/mol. The van der Waals surface area contributed by atoms with E-state index in [4.69, 9.17) is 4.74 Å². The lowest BCUT2D eigenvalue weighted by molar-refractivity contribution is 0.0774. The Morgan fingerprint density at radius 2 is 1.97 bits per heavy atom. The zero-order valence-corrected chi connectivity index (χ0v) is 20.2. The van der Waals surface area contributed by atoms with Crippen LogP contribution in [0.1, 0.15) is 36.0 Å². The highest BCUT2D eigenvalue weighted by Gasteiger charge is 2.35. The first kappa shape index (κ1) is 22.3. The van der Waals surface area contributed by atoms with E-state index in [0.717, 1.165) is 55.1 Å². The van der Waals surface area contributed by atoms with E-state index in [2.05, 4.69) is 35.6 Å². The number of fused-ring (bicyclic) bond motifs is 3. The summed E-state index contributed by atoms with van der Waals surface area (Å²) < 4.78 is 21.1. The van der Waals surface area contributed by atoms with E-state index in [0.29, 0.717) is 25.0 Å². The lowest BCUT2D eigenvalue weighted by Crippen LogP contribution is -2.50. The first-order valence-electron chi connectivity index (χ1n) is 11.4. The number of carbonyl (C=O) groups is 1. The lowest BCUT2D eigenvalue weighted by Gasteiger charge is -2.43. The molecule has 0 radical (unpaired) electrons. The molecule has 0 aromatic carbocycles. The highest BCUT2D eigenvalue weighted by molar-refractivity contribution is 6.76. The first-order valence-corrected chi connectivity index (χ1v) is 15.1. The summed E-state index contributed by atoms with van der Waals surface area (Å²) in [5.74, 6) is 0.198. The van der Waals surface area contributed by atoms with Gasteiger partial charge in [0.1, 0.15) is 12.4 Å². The molecule has 0 unspecified atom stereocenters. The number of hydrogen-bond donors (Lipinski definition) is 0. The third-order valence-corrected chi connectivity index (χ3v) is 8.40. The topological polar surface area (TPSA) is 50.6 Å². The number of anilines is 1. The van der Waals surface area contributed by atoms with Crippen LogP contribution in [0.2, 0.25) is 25.7 Å². The maximum Gasteiger partial charge on any atom is 0.258 e. The van der Waals surface area contributed by atoms with Gasteiger partial charge in [0, 0.05) is 45.6 Å². The van der Waals surface area contributed by atoms with Crippen molar-refractivity contribution in [2.45, 2.75) is 64.1 Å². The molecule has 8 heteroatoms. The van der Waals surface area contributed by atoms with Crippen LogP contribution in [0.4, 0.5) is 10.1 Å². The van der Waals surface area contributed by atoms with Crippen molar-refractivity contribution in [1.29, 1.82) is 0 Å². The quantitative estimate of drug-likeness (QED) is 0.456. The van der Waals surface area contributed by atoms with Gasteiger partial charge in [0.05, 0.1) is 24.6 Å². The molecule has 0 saturated heterocycles. The van der Waals surface area contributed by atoms with E-state index in [1.165, 1.54) is 0 Å². The van der Waals surface area contributed by atoms with Crippen molar-refractivity contribution in [3.8, 4) is 0 Å². The van der Waals surface area contributed by atoms with Crippen LogP contribution < -0.4 is 4.90 Å². The monoisotopic (exact) mass is 446 g/mol. The Labute approximate surface area is 185 Å². The van der Waals surface area contributed by atoms with Gasteiger partial charge >= 0.3 is 0 Å². The van der Waals surface area contributed by atoms with Crippen LogP contribution in [-0.2, 0) is 11.5 Å². The molecule has 0 N–H and O–H groups in total. The van der Waals surface area contributed by atoms with E-state index in [1.54, 1.807) is 11.1 Å². The fourth-order valence-corrected chi connectivity index (χ4v) is 5.47. The predicted octanol–water partition coefficient (Wildman–Crippen LogP) is 4.73. The van der Waals surface area contributed by atoms with Gasteiger partial charge in [0.15, 0.2) is 0 Å². The molecular formula is C23H35FN4O2Si. The Bertz CT molecular complexity index is 934. The Hall–Kier alpha value is -1.93. The molecule has 0 atom stereocenters. The summed E-state index contributed by atoms with van der Waals surface area (Å²) in [6, 6.07) is 3.51. The van der Waals surface area contributed by atoms with E-state index in [9.17, 15) is 9.18 Å². The Morgan fingerprint density at radius 1 is 1.23 bits per heavy atom. The van der Waals surface area contributed by atoms with Crippen LogP contribution in [0.15, 0.2) is 18.5 Å². The Kier molecular flexibility index (Phi) is 6.39. The Balaban J connectivity index is 1.61. The van der Waals surface area contributed by atoms with Crippen molar-refractivity contribution >= 4 is 30.7 Å². The number of ether oxygens (including phenoxy) is 1. The van der Waals surface area contributed by atoms with E-state index >= 15 is 0 Å². The standard InChI is InChI=1S/C23H35FN4O2Si/c1-26-15-28(18-7-5-17(13-24)6-8-18)21-19-9-10-27(16-30-11-12-31(2,3)4)22(19)25-14-20(21)23(26)29/h9-10,14,17-18H,5-8,11-13,15-16H2,1-4H3. The molecule has 170 valence electrons. The molecule has 4 rings (SSSR count). The minimum atomic E-state index is -1.13. The fraction of sp³-hybridized carbons (Fsp3) is 0.652. The van der Waals surface area contributed by atoms with E-state index < -0.39 is 8.07 Å². The fourth-order valence-electron chi connectivity index (χ4n) is 4.71. The molecule has 1 saturated carbocycles. The first-order chi connectivity index (χ1) is 14.8. The number of amides is 1. The normalized spacial score (nSPS) is 22.3. The second-order valence-electron chi connectivity index (χ2n) is 10.3. The summed E-state index contributed by atoms with van der Waals surface area (Å²) in [5.41, 5.74) is 2.50.